The number of hydrogen-bond acceptors (Lipinski definition) is 4. The van der Waals surface area contributed by atoms with Gasteiger partial charge in [0.1, 0.15) is 11.4 Å². The fraction of sp³-hybridized carbons (Fsp3) is 0.154. The molecule has 0 aliphatic carbocycles. The number of pyridine rings is 1. The minimum Gasteiger partial charge on any atom is -0.305 e. The van der Waals surface area contributed by atoms with Gasteiger partial charge in [-0.15, -0.1) is 0 Å². The molecule has 2 aromatic heterocycles. The maximum atomic E-state index is 11.9. The molecule has 0 bridgehead atoms. The number of aromatic nitrogens is 2. The van der Waals surface area contributed by atoms with Gasteiger partial charge in [0.2, 0.25) is 0 Å². The van der Waals surface area contributed by atoms with Crippen LogP contribution in [-0.4, -0.2) is 33.1 Å². The van der Waals surface area contributed by atoms with Gasteiger partial charge in [0, 0.05) is 19.4 Å². The Morgan fingerprint density at radius 3 is 3.05 bits per heavy atom. The zero-order chi connectivity index (χ0) is 13.8. The Bertz CT molecular complexity index is 610. The lowest BCUT2D eigenvalue weighted by atomic mass is 10.4. The maximum Gasteiger partial charge on any atom is 0.272 e. The van der Waals surface area contributed by atoms with E-state index in [0.717, 1.165) is 5.65 Å². The number of imidazole rings is 1. The number of carbonyl (C=O) groups is 1. The largest absolute Gasteiger partial charge is 0.305 e. The topological polar surface area (TPSA) is 62.0 Å². The molecule has 0 atom stereocenters. The molecule has 2 rings (SSSR count). The summed E-state index contributed by atoms with van der Waals surface area (Å²) < 4.78 is 1.83. The van der Waals surface area contributed by atoms with Gasteiger partial charge in [0.25, 0.3) is 5.91 Å². The van der Waals surface area contributed by atoms with Crippen molar-refractivity contribution in [2.45, 2.75) is 6.92 Å². The van der Waals surface area contributed by atoms with Gasteiger partial charge in [-0.05, 0) is 19.1 Å². The first-order chi connectivity index (χ1) is 9.10. The van der Waals surface area contributed by atoms with Crippen LogP contribution in [0.4, 0.5) is 5.82 Å². The number of carbonyl (C=O) groups excluding carboxylic acids is 1. The smallest absolute Gasteiger partial charge is 0.272 e. The van der Waals surface area contributed by atoms with Crippen LogP contribution in [-0.2, 0) is 4.79 Å². The molecule has 6 nitrogen and oxygen atoms in total. The summed E-state index contributed by atoms with van der Waals surface area (Å²) in [6.07, 6.45) is 5.13. The van der Waals surface area contributed by atoms with E-state index in [1.54, 1.807) is 20.2 Å². The Morgan fingerprint density at radius 1 is 1.58 bits per heavy atom. The number of fused-ring (bicyclic) bond motifs is 1. The number of amides is 1. The molecule has 0 aliphatic rings. The highest BCUT2D eigenvalue weighted by molar-refractivity contribution is 6.42. The molecule has 6 heteroatoms. The summed E-state index contributed by atoms with van der Waals surface area (Å²) in [7, 11) is 1.70. The Balaban J connectivity index is 2.14. The fourth-order valence-corrected chi connectivity index (χ4v) is 1.52. The van der Waals surface area contributed by atoms with Gasteiger partial charge in [0.15, 0.2) is 5.82 Å². The van der Waals surface area contributed by atoms with E-state index in [1.165, 1.54) is 11.2 Å². The monoisotopic (exact) mass is 257 g/mol. The third kappa shape index (κ3) is 2.98. The highest BCUT2D eigenvalue weighted by Gasteiger charge is 2.09. The predicted octanol–water partition coefficient (Wildman–Crippen LogP) is 1.72. The van der Waals surface area contributed by atoms with E-state index in [-0.39, 0.29) is 5.91 Å². The van der Waals surface area contributed by atoms with Crippen LogP contribution in [0.15, 0.2) is 48.5 Å². The highest BCUT2D eigenvalue weighted by atomic mass is 16.2. The fourth-order valence-electron chi connectivity index (χ4n) is 1.52. The van der Waals surface area contributed by atoms with Gasteiger partial charge >= 0.3 is 0 Å². The molecule has 0 fully saturated rings. The Labute approximate surface area is 111 Å². The Kier molecular flexibility index (Phi) is 3.61. The number of nitrogens with zero attached hydrogens (tertiary/aromatic N) is 4. The predicted molar refractivity (Wildman–Crippen MR) is 74.9 cm³/mol. The minimum absolute atomic E-state index is 0.294. The molecule has 2 heterocycles. The zero-order valence-corrected chi connectivity index (χ0v) is 10.9. The van der Waals surface area contributed by atoms with Crippen LogP contribution < -0.4 is 5.32 Å². The summed E-state index contributed by atoms with van der Waals surface area (Å²) in [5, 5.41) is 8.20. The van der Waals surface area contributed by atoms with E-state index in [4.69, 9.17) is 0 Å². The van der Waals surface area contributed by atoms with Crippen LogP contribution in [0.3, 0.4) is 0 Å². The molecule has 98 valence electrons. The maximum absolute atomic E-state index is 11.9. The van der Waals surface area contributed by atoms with Crippen LogP contribution in [0.2, 0.25) is 0 Å². The van der Waals surface area contributed by atoms with Crippen molar-refractivity contribution in [1.82, 2.24) is 14.4 Å². The second-order valence-electron chi connectivity index (χ2n) is 3.99. The SMILES string of the molecule is C=CN(C)/N=C(\C)C(=O)Nc1cn2ccccc2n1. The number of anilines is 1. The highest BCUT2D eigenvalue weighted by Crippen LogP contribution is 2.08. The number of hydrazone groups is 1. The Hall–Kier alpha value is -2.63. The first kappa shape index (κ1) is 12.8. The second-order valence-corrected chi connectivity index (χ2v) is 3.99. The third-order valence-corrected chi connectivity index (χ3v) is 2.51. The lowest BCUT2D eigenvalue weighted by Gasteiger charge is -2.07. The number of rotatable bonds is 4. The van der Waals surface area contributed by atoms with Crippen molar-refractivity contribution in [3.8, 4) is 0 Å². The molecule has 0 radical (unpaired) electrons. The molecule has 0 unspecified atom stereocenters. The molecular weight excluding hydrogens is 242 g/mol. The molecule has 1 N–H and O–H groups in total. The van der Waals surface area contributed by atoms with E-state index in [1.807, 2.05) is 28.8 Å². The van der Waals surface area contributed by atoms with Gasteiger partial charge in [-0.2, -0.15) is 5.10 Å². The van der Waals surface area contributed by atoms with Crippen LogP contribution in [0.25, 0.3) is 5.65 Å². The van der Waals surface area contributed by atoms with Gasteiger partial charge in [0.05, 0.1) is 6.20 Å². The van der Waals surface area contributed by atoms with Crippen molar-refractivity contribution in [2.24, 2.45) is 5.10 Å². The third-order valence-electron chi connectivity index (χ3n) is 2.51. The van der Waals surface area contributed by atoms with Crippen molar-refractivity contribution in [3.05, 3.63) is 43.4 Å². The first-order valence-corrected chi connectivity index (χ1v) is 5.76. The molecule has 1 amide bonds. The summed E-state index contributed by atoms with van der Waals surface area (Å²) in [6.45, 7) is 5.19. The van der Waals surface area contributed by atoms with E-state index >= 15 is 0 Å². The zero-order valence-electron chi connectivity index (χ0n) is 10.9. The molecule has 0 saturated carbocycles. The van der Waals surface area contributed by atoms with E-state index in [2.05, 4.69) is 22.0 Å². The normalized spacial score (nSPS) is 11.4. The van der Waals surface area contributed by atoms with Crippen molar-refractivity contribution in [3.63, 3.8) is 0 Å². The van der Waals surface area contributed by atoms with Crippen molar-refractivity contribution in [1.29, 1.82) is 0 Å². The van der Waals surface area contributed by atoms with Crippen LogP contribution >= 0.6 is 0 Å². The standard InChI is InChI=1S/C13H15N5O/c1-4-17(3)16-10(2)13(19)15-11-9-18-8-6-5-7-12(18)14-11/h4-9H,1H2,2-3H3,(H,15,19)/b16-10+. The average Bonchev–Trinajstić information content (AvgIpc) is 2.80. The molecule has 2 aromatic rings. The van der Waals surface area contributed by atoms with E-state index in [0.29, 0.717) is 11.5 Å². The van der Waals surface area contributed by atoms with Crippen molar-refractivity contribution < 1.29 is 4.79 Å². The summed E-state index contributed by atoms with van der Waals surface area (Å²) in [5.74, 6) is 0.198. The summed E-state index contributed by atoms with van der Waals surface area (Å²) in [5.41, 5.74) is 1.11. The average molecular weight is 257 g/mol. The van der Waals surface area contributed by atoms with E-state index in [9.17, 15) is 4.79 Å². The summed E-state index contributed by atoms with van der Waals surface area (Å²) >= 11 is 0. The van der Waals surface area contributed by atoms with Gasteiger partial charge in [-0.1, -0.05) is 12.6 Å². The molecule has 19 heavy (non-hydrogen) atoms. The first-order valence-electron chi connectivity index (χ1n) is 5.76. The van der Waals surface area contributed by atoms with Crippen molar-refractivity contribution in [2.75, 3.05) is 12.4 Å². The second kappa shape index (κ2) is 5.34. The molecule has 0 aliphatic heterocycles. The van der Waals surface area contributed by atoms with Crippen LogP contribution in [0, 0.1) is 0 Å². The lowest BCUT2D eigenvalue weighted by molar-refractivity contribution is -0.110. The molecule has 0 saturated heterocycles. The Morgan fingerprint density at radius 2 is 2.37 bits per heavy atom. The van der Waals surface area contributed by atoms with Crippen LogP contribution in [0.5, 0.6) is 0 Å². The summed E-state index contributed by atoms with van der Waals surface area (Å²) in [4.78, 5) is 16.2. The number of hydrogen-bond donors (Lipinski definition) is 1. The molecule has 0 aromatic carbocycles. The van der Waals surface area contributed by atoms with Crippen LogP contribution in [0.1, 0.15) is 6.92 Å². The molecular formula is C13H15N5O. The number of nitrogens with one attached hydrogen (secondary N) is 1. The minimum atomic E-state index is -0.294. The van der Waals surface area contributed by atoms with Gasteiger partial charge in [-0.25, -0.2) is 4.98 Å². The summed E-state index contributed by atoms with van der Waals surface area (Å²) in [6, 6.07) is 5.65. The quantitative estimate of drug-likeness (QED) is 0.670. The van der Waals surface area contributed by atoms with Gasteiger partial charge in [-0.3, -0.25) is 9.80 Å². The molecule has 0 spiro atoms. The van der Waals surface area contributed by atoms with Gasteiger partial charge < -0.3 is 9.72 Å². The van der Waals surface area contributed by atoms with Crippen molar-refractivity contribution >= 4 is 23.1 Å². The lowest BCUT2D eigenvalue weighted by Crippen LogP contribution is -2.22. The van der Waals surface area contributed by atoms with E-state index < -0.39 is 0 Å².